The molecule has 2 saturated heterocycles. The number of amides is 2. The summed E-state index contributed by atoms with van der Waals surface area (Å²) in [5.41, 5.74) is 1.52. The van der Waals surface area contributed by atoms with Gasteiger partial charge in [0.1, 0.15) is 0 Å². The van der Waals surface area contributed by atoms with Crippen molar-refractivity contribution < 1.29 is 18.0 Å². The number of rotatable bonds is 5. The van der Waals surface area contributed by atoms with E-state index in [1.165, 1.54) is 4.31 Å². The first-order valence-electron chi connectivity index (χ1n) is 10.2. The first kappa shape index (κ1) is 20.6. The highest BCUT2D eigenvalue weighted by molar-refractivity contribution is 7.89. The van der Waals surface area contributed by atoms with Gasteiger partial charge >= 0.3 is 0 Å². The van der Waals surface area contributed by atoms with Crippen molar-refractivity contribution in [1.82, 2.24) is 4.31 Å². The van der Waals surface area contributed by atoms with Crippen LogP contribution in [0.5, 0.6) is 0 Å². The average Bonchev–Trinajstić information content (AvgIpc) is 3.21. The number of hydrogen-bond donors (Lipinski definition) is 1. The highest BCUT2D eigenvalue weighted by atomic mass is 32.2. The fourth-order valence-electron chi connectivity index (χ4n) is 3.99. The van der Waals surface area contributed by atoms with Crippen molar-refractivity contribution in [3.63, 3.8) is 0 Å². The van der Waals surface area contributed by atoms with Crippen molar-refractivity contribution in [3.8, 4) is 0 Å². The van der Waals surface area contributed by atoms with Gasteiger partial charge < -0.3 is 10.2 Å². The summed E-state index contributed by atoms with van der Waals surface area (Å²) >= 11 is 0. The number of nitrogens with zero attached hydrogens (tertiary/aromatic N) is 2. The van der Waals surface area contributed by atoms with Crippen molar-refractivity contribution in [1.29, 1.82) is 0 Å². The molecule has 0 radical (unpaired) electrons. The molecule has 0 spiro atoms. The zero-order valence-corrected chi connectivity index (χ0v) is 17.5. The molecule has 158 valence electrons. The van der Waals surface area contributed by atoms with Crippen LogP contribution in [0.3, 0.4) is 0 Å². The third-order valence-electron chi connectivity index (χ3n) is 5.73. The lowest BCUT2D eigenvalue weighted by Crippen LogP contribution is -2.41. The van der Waals surface area contributed by atoms with Gasteiger partial charge in [0.25, 0.3) is 0 Å². The monoisotopic (exact) mass is 427 g/mol. The average molecular weight is 428 g/mol. The third kappa shape index (κ3) is 4.24. The van der Waals surface area contributed by atoms with E-state index >= 15 is 0 Å². The van der Waals surface area contributed by atoms with Gasteiger partial charge in [-0.3, -0.25) is 9.59 Å². The molecule has 7 nitrogen and oxygen atoms in total. The molecule has 2 aromatic carbocycles. The van der Waals surface area contributed by atoms with Crippen LogP contribution in [0.15, 0.2) is 59.5 Å². The van der Waals surface area contributed by atoms with E-state index in [4.69, 9.17) is 0 Å². The van der Waals surface area contributed by atoms with Crippen LogP contribution in [0.25, 0.3) is 0 Å². The minimum absolute atomic E-state index is 0.100. The van der Waals surface area contributed by atoms with Gasteiger partial charge in [-0.15, -0.1) is 0 Å². The maximum absolute atomic E-state index is 12.7. The van der Waals surface area contributed by atoms with E-state index < -0.39 is 10.0 Å². The van der Waals surface area contributed by atoms with Gasteiger partial charge in [0.15, 0.2) is 0 Å². The number of carbonyl (C=O) groups excluding carboxylic acids is 2. The van der Waals surface area contributed by atoms with E-state index in [-0.39, 0.29) is 22.6 Å². The lowest BCUT2D eigenvalue weighted by molar-refractivity contribution is -0.121. The summed E-state index contributed by atoms with van der Waals surface area (Å²) in [6.45, 7) is 1.38. The highest BCUT2D eigenvalue weighted by Crippen LogP contribution is 2.26. The molecule has 2 amide bonds. The smallest absolute Gasteiger partial charge is 0.243 e. The lowest BCUT2D eigenvalue weighted by Gasteiger charge is -2.30. The molecule has 8 heteroatoms. The number of sulfonamides is 1. The summed E-state index contributed by atoms with van der Waals surface area (Å²) in [4.78, 5) is 26.5. The number of carbonyl (C=O) groups is 2. The molecule has 2 aromatic rings. The second-order valence-electron chi connectivity index (χ2n) is 7.68. The molecule has 0 atom stereocenters. The molecule has 0 bridgehead atoms. The maximum atomic E-state index is 12.7. The van der Waals surface area contributed by atoms with Crippen LogP contribution in [-0.2, 0) is 19.6 Å². The van der Waals surface area contributed by atoms with E-state index in [9.17, 15) is 18.0 Å². The van der Waals surface area contributed by atoms with Crippen LogP contribution in [0.2, 0.25) is 0 Å². The summed E-state index contributed by atoms with van der Waals surface area (Å²) in [5, 5.41) is 2.92. The SMILES string of the molecule is O=C(Nc1ccc(N2CCCC2=O)cc1)C1CCN(S(=O)(=O)c2ccccc2)CC1. The first-order chi connectivity index (χ1) is 14.4. The van der Waals surface area contributed by atoms with Gasteiger partial charge in [-0.05, 0) is 55.7 Å². The van der Waals surface area contributed by atoms with Crippen molar-refractivity contribution in [2.75, 3.05) is 29.9 Å². The quantitative estimate of drug-likeness (QED) is 0.795. The summed E-state index contributed by atoms with van der Waals surface area (Å²) in [5.74, 6) is -0.201. The van der Waals surface area contributed by atoms with E-state index in [0.29, 0.717) is 38.0 Å². The molecule has 4 rings (SSSR count). The molecular formula is C22H25N3O4S. The molecule has 0 unspecified atom stereocenters. The minimum Gasteiger partial charge on any atom is -0.326 e. The fourth-order valence-corrected chi connectivity index (χ4v) is 5.48. The van der Waals surface area contributed by atoms with Gasteiger partial charge in [0.2, 0.25) is 21.8 Å². The van der Waals surface area contributed by atoms with Crippen LogP contribution >= 0.6 is 0 Å². The van der Waals surface area contributed by atoms with Gasteiger partial charge in [-0.1, -0.05) is 18.2 Å². The Morgan fingerprint density at radius 1 is 0.933 bits per heavy atom. The van der Waals surface area contributed by atoms with E-state index in [2.05, 4.69) is 5.32 Å². The molecule has 2 aliphatic heterocycles. The second kappa shape index (κ2) is 8.57. The second-order valence-corrected chi connectivity index (χ2v) is 9.61. The Labute approximate surface area is 176 Å². The molecule has 2 heterocycles. The number of hydrogen-bond acceptors (Lipinski definition) is 4. The van der Waals surface area contributed by atoms with Gasteiger partial charge in [-0.2, -0.15) is 4.31 Å². The summed E-state index contributed by atoms with van der Waals surface area (Å²) < 4.78 is 26.9. The zero-order valence-electron chi connectivity index (χ0n) is 16.7. The van der Waals surface area contributed by atoms with Crippen molar-refractivity contribution in [2.24, 2.45) is 5.92 Å². The van der Waals surface area contributed by atoms with Crippen molar-refractivity contribution in [2.45, 2.75) is 30.6 Å². The molecule has 1 N–H and O–H groups in total. The number of benzene rings is 2. The summed E-state index contributed by atoms with van der Waals surface area (Å²) in [6, 6.07) is 15.7. The zero-order chi connectivity index (χ0) is 21.1. The van der Waals surface area contributed by atoms with Gasteiger partial charge in [-0.25, -0.2) is 8.42 Å². The van der Waals surface area contributed by atoms with Gasteiger partial charge in [0.05, 0.1) is 4.90 Å². The molecule has 0 saturated carbocycles. The first-order valence-corrected chi connectivity index (χ1v) is 11.7. The maximum Gasteiger partial charge on any atom is 0.243 e. The normalized spacial score (nSPS) is 18.5. The topological polar surface area (TPSA) is 86.8 Å². The highest BCUT2D eigenvalue weighted by Gasteiger charge is 2.32. The Bertz CT molecular complexity index is 1010. The van der Waals surface area contributed by atoms with E-state index in [0.717, 1.165) is 18.7 Å². The Kier molecular flexibility index (Phi) is 5.87. The molecule has 2 fully saturated rings. The van der Waals surface area contributed by atoms with Crippen molar-refractivity contribution in [3.05, 3.63) is 54.6 Å². The van der Waals surface area contributed by atoms with Crippen LogP contribution < -0.4 is 10.2 Å². The molecular weight excluding hydrogens is 402 g/mol. The predicted molar refractivity (Wildman–Crippen MR) is 115 cm³/mol. The predicted octanol–water partition coefficient (Wildman–Crippen LogP) is 2.85. The molecule has 30 heavy (non-hydrogen) atoms. The molecule has 0 aliphatic carbocycles. The Hall–Kier alpha value is -2.71. The van der Waals surface area contributed by atoms with Crippen LogP contribution in [0.1, 0.15) is 25.7 Å². The largest absolute Gasteiger partial charge is 0.326 e. The van der Waals surface area contributed by atoms with Crippen LogP contribution in [-0.4, -0.2) is 44.2 Å². The number of piperidine rings is 1. The van der Waals surface area contributed by atoms with E-state index in [1.54, 1.807) is 47.4 Å². The molecule has 0 aromatic heterocycles. The number of anilines is 2. The van der Waals surface area contributed by atoms with Gasteiger partial charge in [0, 0.05) is 43.3 Å². The minimum atomic E-state index is -3.52. The van der Waals surface area contributed by atoms with E-state index in [1.807, 2.05) is 12.1 Å². The Balaban J connectivity index is 1.33. The van der Waals surface area contributed by atoms with Crippen LogP contribution in [0.4, 0.5) is 11.4 Å². The van der Waals surface area contributed by atoms with Crippen LogP contribution in [0, 0.1) is 5.92 Å². The Morgan fingerprint density at radius 2 is 1.60 bits per heavy atom. The lowest BCUT2D eigenvalue weighted by atomic mass is 9.97. The van der Waals surface area contributed by atoms with Crippen molar-refractivity contribution >= 4 is 33.2 Å². The Morgan fingerprint density at radius 3 is 2.20 bits per heavy atom. The summed E-state index contributed by atoms with van der Waals surface area (Å²) in [6.07, 6.45) is 2.42. The fraction of sp³-hybridized carbons (Fsp3) is 0.364. The molecule has 2 aliphatic rings. The summed E-state index contributed by atoms with van der Waals surface area (Å²) in [7, 11) is -3.52. The third-order valence-corrected chi connectivity index (χ3v) is 7.64. The standard InChI is InChI=1S/C22H25N3O4S/c26-21-7-4-14-25(21)19-10-8-18(9-11-19)23-22(27)17-12-15-24(16-13-17)30(28,29)20-5-2-1-3-6-20/h1-3,5-6,8-11,17H,4,7,12-16H2,(H,23,27). The number of nitrogens with one attached hydrogen (secondary N) is 1.